The summed E-state index contributed by atoms with van der Waals surface area (Å²) >= 11 is 20.3. The van der Waals surface area contributed by atoms with Gasteiger partial charge in [-0.15, -0.1) is 11.3 Å². The number of nitrogens with one attached hydrogen (secondary N) is 1. The van der Waals surface area contributed by atoms with Crippen LogP contribution in [0.25, 0.3) is 0 Å². The van der Waals surface area contributed by atoms with Gasteiger partial charge >= 0.3 is 0 Å². The number of hydrogen-bond donors (Lipinski definition) is 1. The molecule has 1 N–H and O–H groups in total. The third kappa shape index (κ3) is 3.26. The van der Waals surface area contributed by atoms with Gasteiger partial charge in [-0.05, 0) is 42.1 Å². The molecule has 0 saturated heterocycles. The molecule has 1 unspecified atom stereocenters. The average Bonchev–Trinajstić information content (AvgIpc) is 2.68. The Hall–Kier alpha value is -0.250. The highest BCUT2D eigenvalue weighted by atomic mass is 35.5. The Morgan fingerprint density at radius 1 is 1.26 bits per heavy atom. The zero-order valence-electron chi connectivity index (χ0n) is 10.6. The summed E-state index contributed by atoms with van der Waals surface area (Å²) in [6.07, 6.45) is 0. The smallest absolute Gasteiger partial charge is 0.0700 e. The second-order valence-corrected chi connectivity index (χ2v) is 6.39. The highest BCUT2D eigenvalue weighted by Gasteiger charge is 2.21. The average molecular weight is 335 g/mol. The molecule has 0 spiro atoms. The van der Waals surface area contributed by atoms with Crippen molar-refractivity contribution in [3.05, 3.63) is 54.7 Å². The Kier molecular flexibility index (Phi) is 5.15. The molecule has 0 aliphatic rings. The van der Waals surface area contributed by atoms with E-state index in [0.717, 1.165) is 27.6 Å². The molecule has 102 valence electrons. The van der Waals surface area contributed by atoms with Gasteiger partial charge in [0.2, 0.25) is 0 Å². The van der Waals surface area contributed by atoms with Crippen LogP contribution in [0.15, 0.2) is 23.6 Å². The van der Waals surface area contributed by atoms with E-state index >= 15 is 0 Å². The molecule has 19 heavy (non-hydrogen) atoms. The Balaban J connectivity index is 2.48. The van der Waals surface area contributed by atoms with E-state index in [9.17, 15) is 0 Å². The summed E-state index contributed by atoms with van der Waals surface area (Å²) < 4.78 is 0. The van der Waals surface area contributed by atoms with Crippen molar-refractivity contribution in [3.8, 4) is 0 Å². The largest absolute Gasteiger partial charge is 0.306 e. The van der Waals surface area contributed by atoms with Crippen molar-refractivity contribution in [2.45, 2.75) is 19.9 Å². The standard InChI is InChI=1S/C14H14Cl3NS/c1-3-18-13(14-12(17)8(2)7-19-14)10-5-4-9(15)6-11(10)16/h4-7,13,18H,3H2,1-2H3. The highest BCUT2D eigenvalue weighted by molar-refractivity contribution is 7.10. The molecule has 0 radical (unpaired) electrons. The minimum Gasteiger partial charge on any atom is -0.306 e. The van der Waals surface area contributed by atoms with Crippen LogP contribution >= 0.6 is 46.1 Å². The number of benzene rings is 1. The number of hydrogen-bond acceptors (Lipinski definition) is 2. The fourth-order valence-corrected chi connectivity index (χ4v) is 3.84. The van der Waals surface area contributed by atoms with Gasteiger partial charge in [-0.25, -0.2) is 0 Å². The van der Waals surface area contributed by atoms with Crippen molar-refractivity contribution in [1.29, 1.82) is 0 Å². The van der Waals surface area contributed by atoms with E-state index in [1.54, 1.807) is 17.4 Å². The molecule has 2 aromatic rings. The molecular formula is C14H14Cl3NS. The second kappa shape index (κ2) is 6.47. The predicted molar refractivity (Wildman–Crippen MR) is 86.0 cm³/mol. The quantitative estimate of drug-likeness (QED) is 0.754. The lowest BCUT2D eigenvalue weighted by atomic mass is 10.0. The molecule has 2 rings (SSSR count). The number of thiophene rings is 1. The molecule has 0 aliphatic heterocycles. The maximum Gasteiger partial charge on any atom is 0.0700 e. The van der Waals surface area contributed by atoms with Gasteiger partial charge in [0.1, 0.15) is 0 Å². The summed E-state index contributed by atoms with van der Waals surface area (Å²) in [5.41, 5.74) is 2.09. The molecule has 0 saturated carbocycles. The summed E-state index contributed by atoms with van der Waals surface area (Å²) in [7, 11) is 0. The first-order valence-electron chi connectivity index (χ1n) is 5.96. The van der Waals surface area contributed by atoms with Crippen LogP contribution in [0.5, 0.6) is 0 Å². The van der Waals surface area contributed by atoms with Crippen molar-refractivity contribution in [3.63, 3.8) is 0 Å². The molecule has 0 aliphatic carbocycles. The van der Waals surface area contributed by atoms with Crippen molar-refractivity contribution in [1.82, 2.24) is 5.32 Å². The van der Waals surface area contributed by atoms with Gasteiger partial charge < -0.3 is 5.32 Å². The molecule has 1 aromatic carbocycles. The first-order valence-corrected chi connectivity index (χ1v) is 7.97. The summed E-state index contributed by atoms with van der Waals surface area (Å²) in [4.78, 5) is 1.09. The van der Waals surface area contributed by atoms with E-state index in [-0.39, 0.29) is 6.04 Å². The Morgan fingerprint density at radius 2 is 2.00 bits per heavy atom. The summed E-state index contributed by atoms with van der Waals surface area (Å²) in [6.45, 7) is 4.90. The van der Waals surface area contributed by atoms with Gasteiger partial charge in [-0.3, -0.25) is 0 Å². The molecule has 1 nitrogen and oxygen atoms in total. The third-order valence-electron chi connectivity index (χ3n) is 2.87. The normalized spacial score (nSPS) is 12.7. The highest BCUT2D eigenvalue weighted by Crippen LogP contribution is 2.38. The SMILES string of the molecule is CCNC(c1ccc(Cl)cc1Cl)c1scc(C)c1Cl. The second-order valence-electron chi connectivity index (χ2n) is 4.25. The number of halogens is 3. The van der Waals surface area contributed by atoms with E-state index in [2.05, 4.69) is 17.6 Å². The van der Waals surface area contributed by atoms with E-state index in [0.29, 0.717) is 10.0 Å². The van der Waals surface area contributed by atoms with Gasteiger partial charge in [0.15, 0.2) is 0 Å². The Morgan fingerprint density at radius 3 is 2.53 bits per heavy atom. The van der Waals surface area contributed by atoms with Crippen LogP contribution in [0, 0.1) is 6.92 Å². The van der Waals surface area contributed by atoms with Crippen LogP contribution in [-0.4, -0.2) is 6.54 Å². The van der Waals surface area contributed by atoms with E-state index in [4.69, 9.17) is 34.8 Å². The summed E-state index contributed by atoms with van der Waals surface area (Å²) in [6, 6.07) is 5.56. The molecular weight excluding hydrogens is 321 g/mol. The third-order valence-corrected chi connectivity index (χ3v) is 5.21. The van der Waals surface area contributed by atoms with Gasteiger partial charge in [-0.2, -0.15) is 0 Å². The lowest BCUT2D eigenvalue weighted by Gasteiger charge is -2.19. The van der Waals surface area contributed by atoms with Crippen molar-refractivity contribution in [2.75, 3.05) is 6.54 Å². The lowest BCUT2D eigenvalue weighted by molar-refractivity contribution is 0.640. The van der Waals surface area contributed by atoms with Crippen molar-refractivity contribution >= 4 is 46.1 Å². The molecule has 0 amide bonds. The minimum absolute atomic E-state index is 0.000895. The molecule has 0 bridgehead atoms. The van der Waals surface area contributed by atoms with E-state index in [1.165, 1.54) is 0 Å². The fourth-order valence-electron chi connectivity index (χ4n) is 1.93. The van der Waals surface area contributed by atoms with Crippen LogP contribution in [0.3, 0.4) is 0 Å². The first kappa shape index (κ1) is 15.1. The Bertz CT molecular complexity index is 580. The number of rotatable bonds is 4. The number of aryl methyl sites for hydroxylation is 1. The molecule has 1 aromatic heterocycles. The fraction of sp³-hybridized carbons (Fsp3) is 0.286. The van der Waals surface area contributed by atoms with Gasteiger partial charge in [-0.1, -0.05) is 47.8 Å². The zero-order chi connectivity index (χ0) is 14.0. The lowest BCUT2D eigenvalue weighted by Crippen LogP contribution is -2.21. The van der Waals surface area contributed by atoms with Crippen molar-refractivity contribution in [2.24, 2.45) is 0 Å². The van der Waals surface area contributed by atoms with Gasteiger partial charge in [0.25, 0.3) is 0 Å². The van der Waals surface area contributed by atoms with Crippen LogP contribution < -0.4 is 5.32 Å². The van der Waals surface area contributed by atoms with Gasteiger partial charge in [0.05, 0.1) is 11.1 Å². The van der Waals surface area contributed by atoms with Gasteiger partial charge in [0, 0.05) is 14.9 Å². The summed E-state index contributed by atoms with van der Waals surface area (Å²) in [5, 5.41) is 7.59. The zero-order valence-corrected chi connectivity index (χ0v) is 13.7. The summed E-state index contributed by atoms with van der Waals surface area (Å²) in [5.74, 6) is 0. The van der Waals surface area contributed by atoms with E-state index < -0.39 is 0 Å². The monoisotopic (exact) mass is 333 g/mol. The van der Waals surface area contributed by atoms with Crippen LogP contribution in [0.2, 0.25) is 15.1 Å². The molecule has 5 heteroatoms. The first-order chi connectivity index (χ1) is 9.04. The maximum atomic E-state index is 6.37. The molecule has 1 atom stereocenters. The molecule has 0 fully saturated rings. The van der Waals surface area contributed by atoms with Crippen LogP contribution in [0.1, 0.15) is 29.0 Å². The predicted octanol–water partition coefficient (Wildman–Crippen LogP) is 5.72. The van der Waals surface area contributed by atoms with Crippen LogP contribution in [-0.2, 0) is 0 Å². The minimum atomic E-state index is 0.000895. The molecule has 1 heterocycles. The topological polar surface area (TPSA) is 12.0 Å². The Labute approximate surface area is 132 Å². The van der Waals surface area contributed by atoms with E-state index in [1.807, 2.05) is 19.1 Å². The maximum absolute atomic E-state index is 6.37. The van der Waals surface area contributed by atoms with Crippen molar-refractivity contribution < 1.29 is 0 Å². The van der Waals surface area contributed by atoms with Crippen LogP contribution in [0.4, 0.5) is 0 Å².